The molecule has 1 aromatic carbocycles. The molecule has 0 saturated heterocycles. The zero-order valence-corrected chi connectivity index (χ0v) is 15.1. The van der Waals surface area contributed by atoms with Gasteiger partial charge in [-0.1, -0.05) is 0 Å². The normalized spacial score (nSPS) is 16.9. The maximum atomic E-state index is 6.07. The minimum Gasteiger partial charge on any atom is -0.493 e. The molecule has 1 aliphatic heterocycles. The number of nitrogens with zero attached hydrogens (tertiary/aromatic N) is 2. The quantitative estimate of drug-likeness (QED) is 0.827. The van der Waals surface area contributed by atoms with Gasteiger partial charge in [-0.2, -0.15) is 0 Å². The Hall–Kier alpha value is -1.83. The first-order valence-corrected chi connectivity index (χ1v) is 8.75. The van der Waals surface area contributed by atoms with Gasteiger partial charge in [-0.05, 0) is 11.6 Å². The Bertz CT molecular complexity index is 691. The summed E-state index contributed by atoms with van der Waals surface area (Å²) >= 11 is 1.69. The molecule has 0 spiro atoms. The van der Waals surface area contributed by atoms with Gasteiger partial charge in [-0.25, -0.2) is 4.98 Å². The monoisotopic (exact) mass is 349 g/mol. The number of thiazole rings is 1. The molecule has 3 rings (SSSR count). The third-order valence-corrected chi connectivity index (χ3v) is 5.29. The van der Waals surface area contributed by atoms with Crippen LogP contribution in [0.4, 0.5) is 0 Å². The maximum absolute atomic E-state index is 6.07. The van der Waals surface area contributed by atoms with Crippen molar-refractivity contribution in [2.45, 2.75) is 19.0 Å². The molecule has 0 saturated carbocycles. The Kier molecular flexibility index (Phi) is 5.23. The fourth-order valence-corrected chi connectivity index (χ4v) is 3.94. The molecule has 0 radical (unpaired) electrons. The van der Waals surface area contributed by atoms with Crippen molar-refractivity contribution in [2.24, 2.45) is 5.73 Å². The van der Waals surface area contributed by atoms with Crippen LogP contribution in [0.5, 0.6) is 17.2 Å². The van der Waals surface area contributed by atoms with Crippen LogP contribution in [0.15, 0.2) is 17.6 Å². The number of ether oxygens (including phenoxy) is 3. The number of hydrogen-bond acceptors (Lipinski definition) is 7. The van der Waals surface area contributed by atoms with Gasteiger partial charge < -0.3 is 19.9 Å². The van der Waals surface area contributed by atoms with Gasteiger partial charge in [-0.15, -0.1) is 11.3 Å². The smallest absolute Gasteiger partial charge is 0.203 e. The fraction of sp³-hybridized carbons (Fsp3) is 0.471. The van der Waals surface area contributed by atoms with Crippen LogP contribution >= 0.6 is 11.3 Å². The van der Waals surface area contributed by atoms with Crippen molar-refractivity contribution in [2.75, 3.05) is 34.4 Å². The Morgan fingerprint density at radius 1 is 1.25 bits per heavy atom. The third-order valence-electron chi connectivity index (χ3n) is 4.45. The van der Waals surface area contributed by atoms with Crippen LogP contribution in [0.2, 0.25) is 0 Å². The van der Waals surface area contributed by atoms with Crippen LogP contribution < -0.4 is 19.9 Å². The highest BCUT2D eigenvalue weighted by atomic mass is 32.1. The predicted molar refractivity (Wildman–Crippen MR) is 94.1 cm³/mol. The van der Waals surface area contributed by atoms with Gasteiger partial charge in [0.2, 0.25) is 5.75 Å². The highest BCUT2D eigenvalue weighted by Gasteiger charge is 2.34. The van der Waals surface area contributed by atoms with Crippen LogP contribution in [-0.2, 0) is 13.0 Å². The van der Waals surface area contributed by atoms with Crippen molar-refractivity contribution < 1.29 is 14.2 Å². The SMILES string of the molecule is COc1cc2c(c(OC)c1OC)CN(CCc1nccs1)C2CN. The minimum absolute atomic E-state index is 0.147. The Balaban J connectivity index is 1.91. The van der Waals surface area contributed by atoms with Crippen LogP contribution in [-0.4, -0.2) is 44.3 Å². The lowest BCUT2D eigenvalue weighted by Crippen LogP contribution is -2.29. The average molecular weight is 349 g/mol. The zero-order chi connectivity index (χ0) is 17.1. The molecule has 24 heavy (non-hydrogen) atoms. The molecule has 7 heteroatoms. The van der Waals surface area contributed by atoms with E-state index in [0.717, 1.165) is 41.4 Å². The first-order valence-electron chi connectivity index (χ1n) is 7.87. The maximum Gasteiger partial charge on any atom is 0.203 e. The van der Waals surface area contributed by atoms with Crippen LogP contribution in [0.25, 0.3) is 0 Å². The average Bonchev–Trinajstić information content (AvgIpc) is 3.24. The Labute approximate surface area is 146 Å². The van der Waals surface area contributed by atoms with E-state index in [1.54, 1.807) is 32.7 Å². The summed E-state index contributed by atoms with van der Waals surface area (Å²) in [6.07, 6.45) is 2.76. The first-order chi connectivity index (χ1) is 11.7. The second-order valence-corrected chi connectivity index (χ2v) is 6.59. The van der Waals surface area contributed by atoms with Crippen LogP contribution in [0, 0.1) is 0 Å². The van der Waals surface area contributed by atoms with Gasteiger partial charge in [0.15, 0.2) is 11.5 Å². The molecule has 130 valence electrons. The van der Waals surface area contributed by atoms with Gasteiger partial charge in [-0.3, -0.25) is 4.90 Å². The lowest BCUT2D eigenvalue weighted by atomic mass is 10.0. The highest BCUT2D eigenvalue weighted by Crippen LogP contribution is 2.48. The molecular formula is C17H23N3O3S. The molecule has 2 N–H and O–H groups in total. The van der Waals surface area contributed by atoms with Crippen molar-refractivity contribution in [3.05, 3.63) is 33.8 Å². The number of methoxy groups -OCH3 is 3. The van der Waals surface area contributed by atoms with Gasteiger partial charge in [0.1, 0.15) is 0 Å². The van der Waals surface area contributed by atoms with Crippen LogP contribution in [0.3, 0.4) is 0 Å². The second-order valence-electron chi connectivity index (χ2n) is 5.61. The molecule has 0 amide bonds. The number of hydrogen-bond donors (Lipinski definition) is 1. The van der Waals surface area contributed by atoms with Crippen molar-refractivity contribution >= 4 is 11.3 Å². The van der Waals surface area contributed by atoms with E-state index in [9.17, 15) is 0 Å². The lowest BCUT2D eigenvalue weighted by molar-refractivity contribution is 0.221. The van der Waals surface area contributed by atoms with Crippen LogP contribution in [0.1, 0.15) is 22.2 Å². The van der Waals surface area contributed by atoms with E-state index in [1.807, 2.05) is 17.6 Å². The molecule has 1 unspecified atom stereocenters. The van der Waals surface area contributed by atoms with Crippen molar-refractivity contribution in [3.8, 4) is 17.2 Å². The van der Waals surface area contributed by atoms with E-state index in [2.05, 4.69) is 9.88 Å². The summed E-state index contributed by atoms with van der Waals surface area (Å²) in [5.41, 5.74) is 8.36. The summed E-state index contributed by atoms with van der Waals surface area (Å²) in [4.78, 5) is 6.73. The molecule has 0 aliphatic carbocycles. The molecule has 6 nitrogen and oxygen atoms in total. The van der Waals surface area contributed by atoms with E-state index < -0.39 is 0 Å². The molecule has 1 aliphatic rings. The largest absolute Gasteiger partial charge is 0.493 e. The highest BCUT2D eigenvalue weighted by molar-refractivity contribution is 7.09. The molecule has 1 aromatic heterocycles. The third kappa shape index (κ3) is 2.94. The molecular weight excluding hydrogens is 326 g/mol. The van der Waals surface area contributed by atoms with Crippen molar-refractivity contribution in [1.29, 1.82) is 0 Å². The van der Waals surface area contributed by atoms with E-state index >= 15 is 0 Å². The summed E-state index contributed by atoms with van der Waals surface area (Å²) in [6, 6.07) is 2.17. The number of rotatable bonds is 7. The first kappa shape index (κ1) is 17.0. The van der Waals surface area contributed by atoms with E-state index in [1.165, 1.54) is 0 Å². The number of aromatic nitrogens is 1. The predicted octanol–water partition coefficient (Wildman–Crippen LogP) is 2.23. The van der Waals surface area contributed by atoms with Gasteiger partial charge in [0, 0.05) is 49.2 Å². The number of fused-ring (bicyclic) bond motifs is 1. The second kappa shape index (κ2) is 7.38. The molecule has 2 aromatic rings. The van der Waals surface area contributed by atoms with E-state index in [-0.39, 0.29) is 6.04 Å². The molecule has 0 bridgehead atoms. The summed E-state index contributed by atoms with van der Waals surface area (Å²) in [5.74, 6) is 2.05. The topological polar surface area (TPSA) is 69.8 Å². The summed E-state index contributed by atoms with van der Waals surface area (Å²) in [6.45, 7) is 2.23. The Morgan fingerprint density at radius 2 is 2.04 bits per heavy atom. The summed E-state index contributed by atoms with van der Waals surface area (Å²) in [7, 11) is 4.92. The lowest BCUT2D eigenvalue weighted by Gasteiger charge is -2.23. The standard InChI is InChI=1S/C17H23N3O3S/c1-21-14-8-11-12(16(22-2)17(14)23-3)10-20(13(11)9-18)6-4-15-19-5-7-24-15/h5,7-8,13H,4,6,9-10,18H2,1-3H3. The van der Waals surface area contributed by atoms with Crippen molar-refractivity contribution in [3.63, 3.8) is 0 Å². The number of benzene rings is 1. The minimum atomic E-state index is 0.147. The summed E-state index contributed by atoms with van der Waals surface area (Å²) < 4.78 is 16.6. The van der Waals surface area contributed by atoms with E-state index in [4.69, 9.17) is 19.9 Å². The molecule has 0 fully saturated rings. The number of nitrogens with two attached hydrogens (primary N) is 1. The molecule has 2 heterocycles. The zero-order valence-electron chi connectivity index (χ0n) is 14.2. The Morgan fingerprint density at radius 3 is 2.62 bits per heavy atom. The molecule has 1 atom stereocenters. The van der Waals surface area contributed by atoms with Gasteiger partial charge >= 0.3 is 0 Å². The fourth-order valence-electron chi connectivity index (χ4n) is 3.33. The van der Waals surface area contributed by atoms with Gasteiger partial charge in [0.25, 0.3) is 0 Å². The summed E-state index contributed by atoms with van der Waals surface area (Å²) in [5, 5.41) is 3.15. The van der Waals surface area contributed by atoms with Gasteiger partial charge in [0.05, 0.1) is 26.3 Å². The van der Waals surface area contributed by atoms with Crippen molar-refractivity contribution in [1.82, 2.24) is 9.88 Å². The van der Waals surface area contributed by atoms with E-state index in [0.29, 0.717) is 18.0 Å².